The SMILES string of the molecule is CN(C(=O)c1ccc2c(c1)OCO2)C1CCc2[nH]c3ccccc3c2C1. The molecule has 0 radical (unpaired) electrons. The number of nitrogens with one attached hydrogen (secondary N) is 1. The van der Waals surface area contributed by atoms with Crippen molar-refractivity contribution in [2.45, 2.75) is 25.3 Å². The predicted molar refractivity (Wildman–Crippen MR) is 98.8 cm³/mol. The molecule has 26 heavy (non-hydrogen) atoms. The molecule has 0 saturated carbocycles. The number of nitrogens with zero attached hydrogens (tertiary/aromatic N) is 1. The number of fused-ring (bicyclic) bond motifs is 4. The molecule has 1 unspecified atom stereocenters. The van der Waals surface area contributed by atoms with Crippen molar-refractivity contribution >= 4 is 16.8 Å². The van der Waals surface area contributed by atoms with E-state index in [4.69, 9.17) is 9.47 Å². The number of ether oxygens (including phenoxy) is 2. The van der Waals surface area contributed by atoms with Crippen molar-refractivity contribution in [3.8, 4) is 11.5 Å². The summed E-state index contributed by atoms with van der Waals surface area (Å²) >= 11 is 0. The van der Waals surface area contributed by atoms with Gasteiger partial charge in [0.25, 0.3) is 5.91 Å². The smallest absolute Gasteiger partial charge is 0.253 e. The summed E-state index contributed by atoms with van der Waals surface area (Å²) in [7, 11) is 1.90. The number of aromatic nitrogens is 1. The van der Waals surface area contributed by atoms with Gasteiger partial charge in [-0.2, -0.15) is 0 Å². The van der Waals surface area contributed by atoms with Crippen molar-refractivity contribution in [2.24, 2.45) is 0 Å². The second kappa shape index (κ2) is 5.80. The van der Waals surface area contributed by atoms with Crippen molar-refractivity contribution in [1.29, 1.82) is 0 Å². The normalized spacial score (nSPS) is 18.0. The molecule has 1 aliphatic heterocycles. The van der Waals surface area contributed by atoms with Gasteiger partial charge in [0.2, 0.25) is 6.79 Å². The molecule has 1 N–H and O–H groups in total. The zero-order valence-corrected chi connectivity index (χ0v) is 14.6. The highest BCUT2D eigenvalue weighted by atomic mass is 16.7. The molecule has 2 heterocycles. The summed E-state index contributed by atoms with van der Waals surface area (Å²) in [6, 6.07) is 14.0. The Morgan fingerprint density at radius 2 is 2.00 bits per heavy atom. The van der Waals surface area contributed by atoms with E-state index in [0.717, 1.165) is 19.3 Å². The van der Waals surface area contributed by atoms with Gasteiger partial charge in [-0.3, -0.25) is 4.79 Å². The molecule has 0 bridgehead atoms. The van der Waals surface area contributed by atoms with E-state index in [1.54, 1.807) is 6.07 Å². The Bertz CT molecular complexity index is 1010. The lowest BCUT2D eigenvalue weighted by Crippen LogP contribution is -2.40. The summed E-state index contributed by atoms with van der Waals surface area (Å²) < 4.78 is 10.7. The van der Waals surface area contributed by atoms with Crippen molar-refractivity contribution in [3.05, 3.63) is 59.3 Å². The van der Waals surface area contributed by atoms with Crippen LogP contribution in [-0.2, 0) is 12.8 Å². The summed E-state index contributed by atoms with van der Waals surface area (Å²) in [5, 5.41) is 1.27. The number of amides is 1. The molecule has 5 rings (SSSR count). The van der Waals surface area contributed by atoms with Gasteiger partial charge in [0.05, 0.1) is 0 Å². The minimum atomic E-state index is 0.0246. The largest absolute Gasteiger partial charge is 0.454 e. The van der Waals surface area contributed by atoms with Crippen LogP contribution in [0, 0.1) is 0 Å². The van der Waals surface area contributed by atoms with Gasteiger partial charge in [0, 0.05) is 35.2 Å². The third-order valence-corrected chi connectivity index (χ3v) is 5.56. The molecule has 0 fully saturated rings. The average molecular weight is 348 g/mol. The fourth-order valence-electron chi connectivity index (χ4n) is 4.08. The van der Waals surface area contributed by atoms with Gasteiger partial charge in [0.1, 0.15) is 0 Å². The van der Waals surface area contributed by atoms with Crippen molar-refractivity contribution in [3.63, 3.8) is 0 Å². The zero-order valence-electron chi connectivity index (χ0n) is 14.6. The van der Waals surface area contributed by atoms with Crippen LogP contribution in [0.3, 0.4) is 0 Å². The number of H-pyrrole nitrogens is 1. The van der Waals surface area contributed by atoms with Crippen LogP contribution in [0.2, 0.25) is 0 Å². The van der Waals surface area contributed by atoms with E-state index in [0.29, 0.717) is 17.1 Å². The molecule has 0 spiro atoms. The number of carbonyl (C=O) groups excluding carboxylic acids is 1. The highest BCUT2D eigenvalue weighted by molar-refractivity contribution is 5.95. The molecular formula is C21H20N2O3. The number of benzene rings is 2. The maximum absolute atomic E-state index is 13.0. The van der Waals surface area contributed by atoms with Gasteiger partial charge in [-0.15, -0.1) is 0 Å². The van der Waals surface area contributed by atoms with Gasteiger partial charge in [-0.25, -0.2) is 0 Å². The predicted octanol–water partition coefficient (Wildman–Crippen LogP) is 3.53. The number of likely N-dealkylation sites (N-methyl/N-ethyl adjacent to an activating group) is 1. The Labute approximate surface area is 151 Å². The topological polar surface area (TPSA) is 54.6 Å². The molecule has 1 amide bonds. The van der Waals surface area contributed by atoms with Gasteiger partial charge < -0.3 is 19.4 Å². The minimum Gasteiger partial charge on any atom is -0.454 e. The molecule has 1 atom stereocenters. The van der Waals surface area contributed by atoms with Gasteiger partial charge >= 0.3 is 0 Å². The Hall–Kier alpha value is -2.95. The summed E-state index contributed by atoms with van der Waals surface area (Å²) in [5.41, 5.74) is 4.48. The molecule has 5 heteroatoms. The number of hydrogen-bond acceptors (Lipinski definition) is 3. The highest BCUT2D eigenvalue weighted by Crippen LogP contribution is 2.34. The van der Waals surface area contributed by atoms with Crippen LogP contribution < -0.4 is 9.47 Å². The molecule has 1 aromatic heterocycles. The molecule has 1 aliphatic carbocycles. The van der Waals surface area contributed by atoms with Crippen molar-refractivity contribution in [1.82, 2.24) is 9.88 Å². The molecule has 2 aliphatic rings. The third-order valence-electron chi connectivity index (χ3n) is 5.56. The van der Waals surface area contributed by atoms with Crippen LogP contribution in [0.25, 0.3) is 10.9 Å². The first-order valence-electron chi connectivity index (χ1n) is 8.96. The van der Waals surface area contributed by atoms with Crippen LogP contribution >= 0.6 is 0 Å². The number of rotatable bonds is 2. The first-order valence-corrected chi connectivity index (χ1v) is 8.96. The van der Waals surface area contributed by atoms with Crippen molar-refractivity contribution in [2.75, 3.05) is 13.8 Å². The van der Waals surface area contributed by atoms with Crippen LogP contribution in [0.1, 0.15) is 28.0 Å². The molecular weight excluding hydrogens is 328 g/mol. The Balaban J connectivity index is 1.41. The number of para-hydroxylation sites is 1. The summed E-state index contributed by atoms with van der Waals surface area (Å²) in [6.07, 6.45) is 2.81. The fraction of sp³-hybridized carbons (Fsp3) is 0.286. The van der Waals surface area contributed by atoms with E-state index in [-0.39, 0.29) is 18.7 Å². The third kappa shape index (κ3) is 2.35. The number of carbonyl (C=O) groups is 1. The molecule has 5 nitrogen and oxygen atoms in total. The maximum atomic E-state index is 13.0. The Kier molecular flexibility index (Phi) is 3.42. The summed E-state index contributed by atoms with van der Waals surface area (Å²) in [4.78, 5) is 18.4. The standard InChI is InChI=1S/C21H20N2O3/c1-23(21(24)13-6-9-19-20(10-13)26-12-25-19)14-7-8-18-16(11-14)15-4-2-3-5-17(15)22-18/h2-6,9-10,14,22H,7-8,11-12H2,1H3. The Morgan fingerprint density at radius 1 is 1.15 bits per heavy atom. The van der Waals surface area contributed by atoms with E-state index in [1.807, 2.05) is 24.1 Å². The first-order chi connectivity index (χ1) is 12.7. The van der Waals surface area contributed by atoms with Crippen molar-refractivity contribution < 1.29 is 14.3 Å². The Morgan fingerprint density at radius 3 is 2.92 bits per heavy atom. The fourth-order valence-corrected chi connectivity index (χ4v) is 4.08. The summed E-state index contributed by atoms with van der Waals surface area (Å²) in [6.45, 7) is 0.217. The van der Waals surface area contributed by atoms with E-state index in [1.165, 1.54) is 22.2 Å². The highest BCUT2D eigenvalue weighted by Gasteiger charge is 2.28. The van der Waals surface area contributed by atoms with Crippen LogP contribution in [0.5, 0.6) is 11.5 Å². The zero-order chi connectivity index (χ0) is 17.7. The number of hydrogen-bond donors (Lipinski definition) is 1. The molecule has 132 valence electrons. The molecule has 0 saturated heterocycles. The maximum Gasteiger partial charge on any atom is 0.253 e. The quantitative estimate of drug-likeness (QED) is 0.771. The average Bonchev–Trinajstić information content (AvgIpc) is 3.29. The van der Waals surface area contributed by atoms with Gasteiger partial charge in [-0.1, -0.05) is 18.2 Å². The van der Waals surface area contributed by atoms with E-state index >= 15 is 0 Å². The van der Waals surface area contributed by atoms with Gasteiger partial charge in [-0.05, 0) is 49.1 Å². The van der Waals surface area contributed by atoms with Crippen LogP contribution in [0.15, 0.2) is 42.5 Å². The second-order valence-electron chi connectivity index (χ2n) is 7.01. The van der Waals surface area contributed by atoms with Crippen LogP contribution in [-0.4, -0.2) is 35.7 Å². The van der Waals surface area contributed by atoms with Gasteiger partial charge in [0.15, 0.2) is 11.5 Å². The number of aryl methyl sites for hydroxylation is 1. The first kappa shape index (κ1) is 15.3. The minimum absolute atomic E-state index is 0.0246. The van der Waals surface area contributed by atoms with E-state index in [2.05, 4.69) is 29.2 Å². The van der Waals surface area contributed by atoms with E-state index < -0.39 is 0 Å². The molecule has 3 aromatic rings. The number of aromatic amines is 1. The lowest BCUT2D eigenvalue weighted by atomic mass is 9.90. The lowest BCUT2D eigenvalue weighted by molar-refractivity contribution is 0.0718. The monoisotopic (exact) mass is 348 g/mol. The lowest BCUT2D eigenvalue weighted by Gasteiger charge is -2.31. The second-order valence-corrected chi connectivity index (χ2v) is 7.01. The molecule has 2 aromatic carbocycles. The van der Waals surface area contributed by atoms with Crippen LogP contribution in [0.4, 0.5) is 0 Å². The van der Waals surface area contributed by atoms with E-state index in [9.17, 15) is 4.79 Å². The summed E-state index contributed by atoms with van der Waals surface area (Å²) in [5.74, 6) is 1.37.